The maximum atomic E-state index is 12.0. The van der Waals surface area contributed by atoms with Crippen molar-refractivity contribution in [1.82, 2.24) is 5.32 Å². The molecule has 0 unspecified atom stereocenters. The molecular formula is C21H24N2O5. The number of carbonyl (C=O) groups is 1. The number of nitro benzene ring substituents is 1. The van der Waals surface area contributed by atoms with Crippen LogP contribution in [-0.2, 0) is 11.2 Å². The number of carbonyl (C=O) groups excluding carboxylic acids is 1. The van der Waals surface area contributed by atoms with Crippen molar-refractivity contribution in [2.75, 3.05) is 19.8 Å². The summed E-state index contributed by atoms with van der Waals surface area (Å²) in [7, 11) is 0. The van der Waals surface area contributed by atoms with E-state index >= 15 is 0 Å². The van der Waals surface area contributed by atoms with Crippen LogP contribution in [0.5, 0.6) is 11.5 Å². The van der Waals surface area contributed by atoms with E-state index in [1.165, 1.54) is 18.2 Å². The molecule has 0 aromatic heterocycles. The molecular weight excluding hydrogens is 360 g/mol. The highest BCUT2D eigenvalue weighted by Crippen LogP contribution is 2.28. The third-order valence-electron chi connectivity index (χ3n) is 3.83. The molecule has 0 saturated carbocycles. The summed E-state index contributed by atoms with van der Waals surface area (Å²) in [6.07, 6.45) is 3.55. The van der Waals surface area contributed by atoms with Crippen molar-refractivity contribution in [2.45, 2.75) is 20.3 Å². The van der Waals surface area contributed by atoms with E-state index in [2.05, 4.69) is 5.32 Å². The Bertz CT molecular complexity index is 848. The second-order valence-electron chi connectivity index (χ2n) is 5.87. The van der Waals surface area contributed by atoms with Crippen LogP contribution < -0.4 is 14.8 Å². The molecule has 148 valence electrons. The number of nitro groups is 1. The molecule has 0 aliphatic carbocycles. The summed E-state index contributed by atoms with van der Waals surface area (Å²) in [5.74, 6) is 1.14. The van der Waals surface area contributed by atoms with E-state index in [0.29, 0.717) is 43.2 Å². The SMILES string of the molecule is CCOc1ccc(CCNC(=O)C=Cc2cccc([N+](=O)[O-])c2)cc1OCC. The van der Waals surface area contributed by atoms with Gasteiger partial charge in [-0.2, -0.15) is 0 Å². The first-order chi connectivity index (χ1) is 13.5. The summed E-state index contributed by atoms with van der Waals surface area (Å²) >= 11 is 0. The van der Waals surface area contributed by atoms with Crippen LogP contribution in [0.25, 0.3) is 6.08 Å². The van der Waals surface area contributed by atoms with Crippen LogP contribution in [0.1, 0.15) is 25.0 Å². The van der Waals surface area contributed by atoms with Gasteiger partial charge in [0.15, 0.2) is 11.5 Å². The van der Waals surface area contributed by atoms with Gasteiger partial charge in [-0.15, -0.1) is 0 Å². The molecule has 0 radical (unpaired) electrons. The van der Waals surface area contributed by atoms with Gasteiger partial charge in [0.1, 0.15) is 0 Å². The van der Waals surface area contributed by atoms with Crippen LogP contribution in [0.15, 0.2) is 48.5 Å². The molecule has 2 rings (SSSR count). The Labute approximate surface area is 164 Å². The Morgan fingerprint density at radius 1 is 1.11 bits per heavy atom. The molecule has 0 bridgehead atoms. The average molecular weight is 384 g/mol. The van der Waals surface area contributed by atoms with E-state index in [0.717, 1.165) is 5.56 Å². The summed E-state index contributed by atoms with van der Waals surface area (Å²) in [5.41, 5.74) is 1.61. The lowest BCUT2D eigenvalue weighted by Crippen LogP contribution is -2.23. The number of benzene rings is 2. The summed E-state index contributed by atoms with van der Waals surface area (Å²) in [6.45, 7) is 5.39. The lowest BCUT2D eigenvalue weighted by Gasteiger charge is -2.12. The van der Waals surface area contributed by atoms with Crippen LogP contribution in [0, 0.1) is 10.1 Å². The lowest BCUT2D eigenvalue weighted by molar-refractivity contribution is -0.384. The molecule has 7 heteroatoms. The van der Waals surface area contributed by atoms with Crippen molar-refractivity contribution in [1.29, 1.82) is 0 Å². The maximum Gasteiger partial charge on any atom is 0.270 e. The molecule has 0 saturated heterocycles. The number of hydrogen-bond acceptors (Lipinski definition) is 5. The second-order valence-corrected chi connectivity index (χ2v) is 5.87. The highest BCUT2D eigenvalue weighted by atomic mass is 16.6. The number of rotatable bonds is 10. The van der Waals surface area contributed by atoms with E-state index in [1.807, 2.05) is 32.0 Å². The standard InChI is InChI=1S/C21H24N2O5/c1-3-27-19-10-8-17(15-20(19)28-4-2)12-13-22-21(24)11-9-16-6-5-7-18(14-16)23(25)26/h5-11,14-15H,3-4,12-13H2,1-2H3,(H,22,24). The first-order valence-electron chi connectivity index (χ1n) is 9.12. The van der Waals surface area contributed by atoms with Crippen LogP contribution in [0.3, 0.4) is 0 Å². The minimum Gasteiger partial charge on any atom is -0.490 e. The summed E-state index contributed by atoms with van der Waals surface area (Å²) in [4.78, 5) is 22.3. The molecule has 0 atom stereocenters. The molecule has 0 aliphatic heterocycles. The van der Waals surface area contributed by atoms with Crippen LogP contribution in [0.4, 0.5) is 5.69 Å². The predicted octanol–water partition coefficient (Wildman–Crippen LogP) is 3.76. The summed E-state index contributed by atoms with van der Waals surface area (Å²) < 4.78 is 11.1. The zero-order valence-corrected chi connectivity index (χ0v) is 16.0. The third-order valence-corrected chi connectivity index (χ3v) is 3.83. The number of ether oxygens (including phenoxy) is 2. The zero-order chi connectivity index (χ0) is 20.4. The Morgan fingerprint density at radius 3 is 2.57 bits per heavy atom. The largest absolute Gasteiger partial charge is 0.490 e. The first kappa shape index (κ1) is 21.0. The molecule has 1 N–H and O–H groups in total. The number of nitrogens with zero attached hydrogens (tertiary/aromatic N) is 1. The van der Waals surface area contributed by atoms with Gasteiger partial charge in [-0.05, 0) is 49.6 Å². The van der Waals surface area contributed by atoms with Crippen molar-refractivity contribution in [3.63, 3.8) is 0 Å². The van der Waals surface area contributed by atoms with Crippen LogP contribution in [0.2, 0.25) is 0 Å². The molecule has 7 nitrogen and oxygen atoms in total. The Hall–Kier alpha value is -3.35. The van der Waals surface area contributed by atoms with Gasteiger partial charge in [0, 0.05) is 24.8 Å². The van der Waals surface area contributed by atoms with Gasteiger partial charge in [0.2, 0.25) is 5.91 Å². The van der Waals surface area contributed by atoms with E-state index in [4.69, 9.17) is 9.47 Å². The van der Waals surface area contributed by atoms with E-state index in [1.54, 1.807) is 18.2 Å². The summed E-state index contributed by atoms with van der Waals surface area (Å²) in [6, 6.07) is 11.8. The van der Waals surface area contributed by atoms with Gasteiger partial charge in [-0.25, -0.2) is 0 Å². The topological polar surface area (TPSA) is 90.7 Å². The molecule has 2 aromatic carbocycles. The molecule has 1 amide bonds. The van der Waals surface area contributed by atoms with Gasteiger partial charge in [0.05, 0.1) is 18.1 Å². The Morgan fingerprint density at radius 2 is 1.86 bits per heavy atom. The number of hydrogen-bond donors (Lipinski definition) is 1. The van der Waals surface area contributed by atoms with Crippen molar-refractivity contribution in [3.8, 4) is 11.5 Å². The number of non-ortho nitro benzene ring substituents is 1. The van der Waals surface area contributed by atoms with Gasteiger partial charge < -0.3 is 14.8 Å². The van der Waals surface area contributed by atoms with E-state index in [-0.39, 0.29) is 11.6 Å². The fourth-order valence-corrected chi connectivity index (χ4v) is 2.55. The van der Waals surface area contributed by atoms with Gasteiger partial charge in [-0.1, -0.05) is 18.2 Å². The van der Waals surface area contributed by atoms with Crippen LogP contribution >= 0.6 is 0 Å². The smallest absolute Gasteiger partial charge is 0.270 e. The second kappa shape index (κ2) is 10.7. The zero-order valence-electron chi connectivity index (χ0n) is 16.0. The van der Waals surface area contributed by atoms with E-state index < -0.39 is 4.92 Å². The number of amides is 1. The highest BCUT2D eigenvalue weighted by Gasteiger charge is 2.07. The molecule has 0 fully saturated rings. The van der Waals surface area contributed by atoms with Crippen LogP contribution in [-0.4, -0.2) is 30.6 Å². The molecule has 0 spiro atoms. The Kier molecular flexibility index (Phi) is 8.02. The average Bonchev–Trinajstić information content (AvgIpc) is 2.69. The van der Waals surface area contributed by atoms with Gasteiger partial charge in [0.25, 0.3) is 5.69 Å². The van der Waals surface area contributed by atoms with Crippen molar-refractivity contribution in [2.24, 2.45) is 0 Å². The predicted molar refractivity (Wildman–Crippen MR) is 108 cm³/mol. The molecule has 2 aromatic rings. The van der Waals surface area contributed by atoms with Crippen molar-refractivity contribution < 1.29 is 19.2 Å². The highest BCUT2D eigenvalue weighted by molar-refractivity contribution is 5.91. The fraction of sp³-hybridized carbons (Fsp3) is 0.286. The molecule has 28 heavy (non-hydrogen) atoms. The van der Waals surface area contributed by atoms with Crippen molar-refractivity contribution in [3.05, 3.63) is 69.8 Å². The number of nitrogens with one attached hydrogen (secondary N) is 1. The molecule has 0 aliphatic rings. The minimum absolute atomic E-state index is 0.0110. The minimum atomic E-state index is -0.468. The first-order valence-corrected chi connectivity index (χ1v) is 9.12. The van der Waals surface area contributed by atoms with Gasteiger partial charge >= 0.3 is 0 Å². The normalized spacial score (nSPS) is 10.6. The van der Waals surface area contributed by atoms with Gasteiger partial charge in [-0.3, -0.25) is 14.9 Å². The van der Waals surface area contributed by atoms with E-state index in [9.17, 15) is 14.9 Å². The van der Waals surface area contributed by atoms with Crippen molar-refractivity contribution >= 4 is 17.7 Å². The molecule has 0 heterocycles. The third kappa shape index (κ3) is 6.42. The maximum absolute atomic E-state index is 12.0. The Balaban J connectivity index is 1.88. The summed E-state index contributed by atoms with van der Waals surface area (Å²) in [5, 5.41) is 13.6. The fourth-order valence-electron chi connectivity index (χ4n) is 2.55. The lowest BCUT2D eigenvalue weighted by atomic mass is 10.1. The monoisotopic (exact) mass is 384 g/mol. The quantitative estimate of drug-likeness (QED) is 0.383.